The lowest BCUT2D eigenvalue weighted by atomic mass is 9.96. The topological polar surface area (TPSA) is 63.0 Å². The molecule has 0 spiro atoms. The molecule has 5 rings (SSSR count). The van der Waals surface area contributed by atoms with E-state index in [0.717, 1.165) is 42.4 Å². The van der Waals surface area contributed by atoms with Crippen molar-refractivity contribution >= 4 is 27.6 Å². The van der Waals surface area contributed by atoms with Crippen LogP contribution in [-0.2, 0) is 0 Å². The van der Waals surface area contributed by atoms with Gasteiger partial charge < -0.3 is 19.0 Å². The molecule has 1 unspecified atom stereocenters. The fraction of sp³-hybridized carbons (Fsp3) is 0.310. The Bertz CT molecular complexity index is 1450. The van der Waals surface area contributed by atoms with Gasteiger partial charge in [-0.25, -0.2) is 0 Å². The van der Waals surface area contributed by atoms with E-state index in [4.69, 9.17) is 9.15 Å². The summed E-state index contributed by atoms with van der Waals surface area (Å²) in [6.45, 7) is 7.57. The van der Waals surface area contributed by atoms with Gasteiger partial charge in [-0.15, -0.1) is 0 Å². The summed E-state index contributed by atoms with van der Waals surface area (Å²) in [5.41, 5.74) is 1.48. The number of ether oxygens (including phenoxy) is 1. The maximum Gasteiger partial charge on any atom is 0.290 e. The Morgan fingerprint density at radius 1 is 0.943 bits per heavy atom. The number of para-hydroxylation sites is 1. The molecule has 35 heavy (non-hydrogen) atoms. The third kappa shape index (κ3) is 3.88. The molecule has 0 N–H and O–H groups in total. The average molecular weight is 471 g/mol. The third-order valence-corrected chi connectivity index (χ3v) is 7.06. The van der Waals surface area contributed by atoms with E-state index in [2.05, 4.69) is 18.7 Å². The molecular formula is C29H30N2O4. The van der Waals surface area contributed by atoms with Crippen molar-refractivity contribution in [2.24, 2.45) is 0 Å². The Balaban J connectivity index is 1.68. The zero-order valence-corrected chi connectivity index (χ0v) is 20.4. The van der Waals surface area contributed by atoms with Crippen LogP contribution in [0.1, 0.15) is 48.0 Å². The zero-order valence-electron chi connectivity index (χ0n) is 20.4. The second-order valence-electron chi connectivity index (χ2n) is 8.86. The van der Waals surface area contributed by atoms with Crippen molar-refractivity contribution in [1.29, 1.82) is 0 Å². The molecule has 0 saturated carbocycles. The largest absolute Gasteiger partial charge is 0.496 e. The lowest BCUT2D eigenvalue weighted by Crippen LogP contribution is -2.33. The molecule has 1 atom stereocenters. The molecule has 4 aromatic rings. The minimum atomic E-state index is -0.558. The van der Waals surface area contributed by atoms with Crippen LogP contribution in [0.3, 0.4) is 0 Å². The summed E-state index contributed by atoms with van der Waals surface area (Å²) >= 11 is 0. The number of hydrogen-bond acceptors (Lipinski definition) is 5. The summed E-state index contributed by atoms with van der Waals surface area (Å²) in [4.78, 5) is 31.8. The molecule has 0 aliphatic carbocycles. The van der Waals surface area contributed by atoms with Gasteiger partial charge in [0.25, 0.3) is 5.91 Å². The molecule has 180 valence electrons. The average Bonchev–Trinajstić information content (AvgIpc) is 3.18. The number of amides is 1. The lowest BCUT2D eigenvalue weighted by Gasteiger charge is -2.27. The van der Waals surface area contributed by atoms with Crippen LogP contribution in [0.4, 0.5) is 0 Å². The highest BCUT2D eigenvalue weighted by Gasteiger charge is 2.43. The van der Waals surface area contributed by atoms with Crippen molar-refractivity contribution in [3.63, 3.8) is 0 Å². The summed E-state index contributed by atoms with van der Waals surface area (Å²) in [6.07, 6.45) is 0.795. The molecule has 1 amide bonds. The highest BCUT2D eigenvalue weighted by molar-refractivity contribution is 6.06. The molecule has 1 aromatic heterocycles. The Labute approximate surface area is 204 Å². The van der Waals surface area contributed by atoms with E-state index in [0.29, 0.717) is 28.8 Å². The fourth-order valence-corrected chi connectivity index (χ4v) is 5.20. The summed E-state index contributed by atoms with van der Waals surface area (Å²) < 4.78 is 11.9. The van der Waals surface area contributed by atoms with Crippen LogP contribution < -0.4 is 10.2 Å². The van der Waals surface area contributed by atoms with Crippen LogP contribution in [0.2, 0.25) is 0 Å². The van der Waals surface area contributed by atoms with Crippen LogP contribution >= 0.6 is 0 Å². The first-order valence-corrected chi connectivity index (χ1v) is 12.2. The highest BCUT2D eigenvalue weighted by atomic mass is 16.5. The van der Waals surface area contributed by atoms with Gasteiger partial charge in [0.05, 0.1) is 24.1 Å². The molecule has 0 bridgehead atoms. The molecule has 0 radical (unpaired) electrons. The van der Waals surface area contributed by atoms with Crippen LogP contribution in [0.15, 0.2) is 69.9 Å². The number of hydrogen-bond donors (Lipinski definition) is 0. The fourth-order valence-electron chi connectivity index (χ4n) is 5.20. The molecule has 1 aliphatic heterocycles. The Morgan fingerprint density at radius 3 is 2.46 bits per heavy atom. The first-order valence-electron chi connectivity index (χ1n) is 12.2. The molecule has 1 aliphatic rings. The smallest absolute Gasteiger partial charge is 0.290 e. The van der Waals surface area contributed by atoms with E-state index in [1.54, 1.807) is 18.1 Å². The van der Waals surface area contributed by atoms with E-state index in [9.17, 15) is 9.59 Å². The highest BCUT2D eigenvalue weighted by Crippen LogP contribution is 2.42. The molecule has 6 heteroatoms. The molecule has 6 nitrogen and oxygen atoms in total. The van der Waals surface area contributed by atoms with Crippen LogP contribution in [0.5, 0.6) is 5.75 Å². The predicted octanol–water partition coefficient (Wildman–Crippen LogP) is 5.23. The monoisotopic (exact) mass is 470 g/mol. The zero-order chi connectivity index (χ0) is 24.5. The van der Waals surface area contributed by atoms with Gasteiger partial charge in [-0.1, -0.05) is 62.4 Å². The summed E-state index contributed by atoms with van der Waals surface area (Å²) in [5.74, 6) is 0.532. The minimum Gasteiger partial charge on any atom is -0.496 e. The van der Waals surface area contributed by atoms with Crippen molar-refractivity contribution in [2.75, 3.05) is 33.3 Å². The van der Waals surface area contributed by atoms with E-state index < -0.39 is 6.04 Å². The second-order valence-corrected chi connectivity index (χ2v) is 8.86. The van der Waals surface area contributed by atoms with Crippen molar-refractivity contribution in [1.82, 2.24) is 9.80 Å². The number of benzene rings is 3. The lowest BCUT2D eigenvalue weighted by molar-refractivity contribution is 0.0719. The predicted molar refractivity (Wildman–Crippen MR) is 138 cm³/mol. The van der Waals surface area contributed by atoms with Gasteiger partial charge in [0, 0.05) is 17.5 Å². The number of carbonyl (C=O) groups is 1. The second kappa shape index (κ2) is 9.55. The third-order valence-electron chi connectivity index (χ3n) is 7.06. The van der Waals surface area contributed by atoms with Gasteiger partial charge in [-0.3, -0.25) is 9.59 Å². The number of nitrogens with zero attached hydrogens (tertiary/aromatic N) is 2. The Kier molecular flexibility index (Phi) is 6.31. The van der Waals surface area contributed by atoms with Gasteiger partial charge in [0.15, 0.2) is 5.43 Å². The summed E-state index contributed by atoms with van der Waals surface area (Å²) in [5, 5.41) is 2.28. The maximum absolute atomic E-state index is 13.9. The minimum absolute atomic E-state index is 0.137. The van der Waals surface area contributed by atoms with Gasteiger partial charge in [0.1, 0.15) is 11.3 Å². The van der Waals surface area contributed by atoms with Crippen LogP contribution in [0.25, 0.3) is 21.7 Å². The molecule has 0 fully saturated rings. The molecule has 2 heterocycles. The standard InChI is InChI=1S/C29H30N2O4/c1-4-30(5-2)17-10-18-31-25(21-13-8-9-14-23(21)34-3)24-26(32)22-16-15-19-11-6-7-12-20(19)27(22)35-28(24)29(31)33/h6-9,11-16,25H,4-5,10,17-18H2,1-3H3. The van der Waals surface area contributed by atoms with Crippen molar-refractivity contribution in [2.45, 2.75) is 26.3 Å². The van der Waals surface area contributed by atoms with Gasteiger partial charge in [-0.05, 0) is 43.6 Å². The number of methoxy groups -OCH3 is 1. The number of rotatable bonds is 8. The van der Waals surface area contributed by atoms with E-state index in [1.807, 2.05) is 54.6 Å². The van der Waals surface area contributed by atoms with Crippen molar-refractivity contribution in [3.8, 4) is 5.75 Å². The Hall–Kier alpha value is -3.64. The van der Waals surface area contributed by atoms with Crippen LogP contribution in [-0.4, -0.2) is 49.0 Å². The van der Waals surface area contributed by atoms with Crippen molar-refractivity contribution < 1.29 is 13.9 Å². The first-order chi connectivity index (χ1) is 17.1. The Morgan fingerprint density at radius 2 is 1.69 bits per heavy atom. The maximum atomic E-state index is 13.9. The summed E-state index contributed by atoms with van der Waals surface area (Å²) in [7, 11) is 1.61. The van der Waals surface area contributed by atoms with E-state index in [1.165, 1.54) is 0 Å². The number of fused-ring (bicyclic) bond motifs is 4. The van der Waals surface area contributed by atoms with E-state index >= 15 is 0 Å². The first kappa shape index (κ1) is 23.1. The van der Waals surface area contributed by atoms with Gasteiger partial charge in [-0.2, -0.15) is 0 Å². The van der Waals surface area contributed by atoms with Crippen LogP contribution in [0, 0.1) is 0 Å². The molecule has 3 aromatic carbocycles. The molecule has 0 saturated heterocycles. The van der Waals surface area contributed by atoms with Gasteiger partial charge >= 0.3 is 0 Å². The number of carbonyl (C=O) groups excluding carboxylic acids is 1. The normalized spacial score (nSPS) is 15.4. The summed E-state index contributed by atoms with van der Waals surface area (Å²) in [6, 6.07) is 18.5. The van der Waals surface area contributed by atoms with Crippen molar-refractivity contribution in [3.05, 3.63) is 87.8 Å². The van der Waals surface area contributed by atoms with Gasteiger partial charge in [0.2, 0.25) is 5.76 Å². The quantitative estimate of drug-likeness (QED) is 0.330. The van der Waals surface area contributed by atoms with E-state index in [-0.39, 0.29) is 17.1 Å². The SMILES string of the molecule is CCN(CC)CCCN1C(=O)c2oc3c(ccc4ccccc43)c(=O)c2C1c1ccccc1OC. The molecular weight excluding hydrogens is 440 g/mol.